The molecule has 3 nitrogen and oxygen atoms in total. The number of hydrogen-bond acceptors (Lipinski definition) is 3. The first-order chi connectivity index (χ1) is 3.83. The van der Waals surface area contributed by atoms with Crippen molar-refractivity contribution >= 4 is 5.71 Å². The SMILES string of the molecule is CN1CC/C(=N/N)C1. The van der Waals surface area contributed by atoms with Crippen molar-refractivity contribution in [2.45, 2.75) is 6.42 Å². The maximum absolute atomic E-state index is 5.06. The fourth-order valence-corrected chi connectivity index (χ4v) is 0.895. The molecule has 0 aliphatic carbocycles. The fourth-order valence-electron chi connectivity index (χ4n) is 0.895. The molecule has 1 aliphatic heterocycles. The van der Waals surface area contributed by atoms with Crippen LogP contribution in [0, 0.1) is 0 Å². The third kappa shape index (κ3) is 0.980. The molecule has 46 valence electrons. The van der Waals surface area contributed by atoms with Crippen LogP contribution in [-0.2, 0) is 0 Å². The van der Waals surface area contributed by atoms with Gasteiger partial charge < -0.3 is 10.7 Å². The maximum atomic E-state index is 5.06. The van der Waals surface area contributed by atoms with E-state index < -0.39 is 0 Å². The van der Waals surface area contributed by atoms with E-state index in [2.05, 4.69) is 17.0 Å². The van der Waals surface area contributed by atoms with Gasteiger partial charge in [-0.15, -0.1) is 0 Å². The molecular formula is C5H11N3. The summed E-state index contributed by atoms with van der Waals surface area (Å²) in [6.45, 7) is 2.06. The van der Waals surface area contributed by atoms with Crippen molar-refractivity contribution in [3.05, 3.63) is 0 Å². The molecule has 0 spiro atoms. The standard InChI is InChI=1S/C5H11N3/c1-8-3-2-5(4-8)7-6/h2-4,6H2,1H3/b7-5-. The summed E-state index contributed by atoms with van der Waals surface area (Å²) in [5.74, 6) is 5.06. The minimum Gasteiger partial charge on any atom is -0.323 e. The van der Waals surface area contributed by atoms with Crippen molar-refractivity contribution in [1.82, 2.24) is 4.90 Å². The molecule has 1 heterocycles. The van der Waals surface area contributed by atoms with E-state index in [1.54, 1.807) is 0 Å². The van der Waals surface area contributed by atoms with Gasteiger partial charge in [0.05, 0.1) is 5.71 Å². The molecule has 3 heteroatoms. The third-order valence-electron chi connectivity index (χ3n) is 1.42. The predicted molar refractivity (Wildman–Crippen MR) is 33.7 cm³/mol. The summed E-state index contributed by atoms with van der Waals surface area (Å²) in [5.41, 5.74) is 1.12. The molecule has 0 bridgehead atoms. The monoisotopic (exact) mass is 113 g/mol. The number of nitrogens with zero attached hydrogens (tertiary/aromatic N) is 2. The Balaban J connectivity index is 2.44. The zero-order valence-corrected chi connectivity index (χ0v) is 5.09. The molecule has 0 aromatic carbocycles. The highest BCUT2D eigenvalue weighted by Gasteiger charge is 2.12. The minimum atomic E-state index is 0.955. The van der Waals surface area contributed by atoms with E-state index in [4.69, 9.17) is 5.84 Å². The van der Waals surface area contributed by atoms with E-state index in [-0.39, 0.29) is 0 Å². The van der Waals surface area contributed by atoms with Gasteiger partial charge in [-0.25, -0.2) is 0 Å². The lowest BCUT2D eigenvalue weighted by atomic mass is 10.3. The van der Waals surface area contributed by atoms with Gasteiger partial charge in [-0.2, -0.15) is 5.10 Å². The van der Waals surface area contributed by atoms with Crippen LogP contribution in [0.2, 0.25) is 0 Å². The second-order valence-corrected chi connectivity index (χ2v) is 2.18. The topological polar surface area (TPSA) is 41.6 Å². The molecule has 0 radical (unpaired) electrons. The first-order valence-electron chi connectivity index (χ1n) is 2.77. The van der Waals surface area contributed by atoms with E-state index in [0.29, 0.717) is 0 Å². The van der Waals surface area contributed by atoms with Gasteiger partial charge in [-0.1, -0.05) is 0 Å². The Labute approximate surface area is 49.2 Å². The van der Waals surface area contributed by atoms with Gasteiger partial charge in [-0.05, 0) is 7.05 Å². The van der Waals surface area contributed by atoms with Crippen molar-refractivity contribution in [1.29, 1.82) is 0 Å². The van der Waals surface area contributed by atoms with Crippen molar-refractivity contribution in [2.24, 2.45) is 10.9 Å². The second kappa shape index (κ2) is 2.13. The third-order valence-corrected chi connectivity index (χ3v) is 1.42. The Morgan fingerprint density at radius 2 is 2.50 bits per heavy atom. The van der Waals surface area contributed by atoms with Crippen LogP contribution >= 0.6 is 0 Å². The molecular weight excluding hydrogens is 102 g/mol. The van der Waals surface area contributed by atoms with Gasteiger partial charge in [0.1, 0.15) is 0 Å². The number of hydrazone groups is 1. The number of likely N-dealkylation sites (tertiary alicyclic amines) is 1. The average Bonchev–Trinajstić information content (AvgIpc) is 2.14. The van der Waals surface area contributed by atoms with Crippen LogP contribution < -0.4 is 5.84 Å². The van der Waals surface area contributed by atoms with E-state index in [9.17, 15) is 0 Å². The van der Waals surface area contributed by atoms with Gasteiger partial charge >= 0.3 is 0 Å². The lowest BCUT2D eigenvalue weighted by molar-refractivity contribution is 0.428. The Hall–Kier alpha value is -0.570. The van der Waals surface area contributed by atoms with Crippen LogP contribution in [0.1, 0.15) is 6.42 Å². The summed E-state index contributed by atoms with van der Waals surface area (Å²) in [6.07, 6.45) is 1.05. The molecule has 0 unspecified atom stereocenters. The fraction of sp³-hybridized carbons (Fsp3) is 0.800. The molecule has 2 N–H and O–H groups in total. The highest BCUT2D eigenvalue weighted by atomic mass is 15.2. The molecule has 0 atom stereocenters. The normalized spacial score (nSPS) is 27.4. The van der Waals surface area contributed by atoms with Crippen molar-refractivity contribution in [3.8, 4) is 0 Å². The van der Waals surface area contributed by atoms with Gasteiger partial charge in [0.15, 0.2) is 0 Å². The maximum Gasteiger partial charge on any atom is 0.0528 e. The lowest BCUT2D eigenvalue weighted by Crippen LogP contribution is -2.14. The van der Waals surface area contributed by atoms with Crippen LogP contribution in [0.5, 0.6) is 0 Å². The van der Waals surface area contributed by atoms with Gasteiger partial charge in [-0.3, -0.25) is 0 Å². The molecule has 1 saturated heterocycles. The van der Waals surface area contributed by atoms with Crippen molar-refractivity contribution in [3.63, 3.8) is 0 Å². The minimum absolute atomic E-state index is 0.955. The highest BCUT2D eigenvalue weighted by Crippen LogP contribution is 2.00. The van der Waals surface area contributed by atoms with Crippen molar-refractivity contribution < 1.29 is 0 Å². The van der Waals surface area contributed by atoms with Crippen LogP contribution in [0.3, 0.4) is 0 Å². The summed E-state index contributed by atoms with van der Waals surface area (Å²) in [6, 6.07) is 0. The smallest absolute Gasteiger partial charge is 0.0528 e. The van der Waals surface area contributed by atoms with Gasteiger partial charge in [0, 0.05) is 19.5 Å². The van der Waals surface area contributed by atoms with Gasteiger partial charge in [0.2, 0.25) is 0 Å². The summed E-state index contributed by atoms with van der Waals surface area (Å²) in [7, 11) is 2.07. The van der Waals surface area contributed by atoms with Crippen LogP contribution in [-0.4, -0.2) is 30.7 Å². The molecule has 0 saturated carbocycles. The Morgan fingerprint density at radius 1 is 1.75 bits per heavy atom. The zero-order valence-electron chi connectivity index (χ0n) is 5.09. The largest absolute Gasteiger partial charge is 0.323 e. The lowest BCUT2D eigenvalue weighted by Gasteiger charge is -2.00. The van der Waals surface area contributed by atoms with Gasteiger partial charge in [0.25, 0.3) is 0 Å². The number of nitrogens with two attached hydrogens (primary N) is 1. The molecule has 0 aromatic rings. The van der Waals surface area contributed by atoms with E-state index >= 15 is 0 Å². The Morgan fingerprint density at radius 3 is 2.75 bits per heavy atom. The Kier molecular flexibility index (Phi) is 1.48. The summed E-state index contributed by atoms with van der Waals surface area (Å²) >= 11 is 0. The van der Waals surface area contributed by atoms with E-state index in [0.717, 1.165) is 25.2 Å². The summed E-state index contributed by atoms with van der Waals surface area (Å²) in [4.78, 5) is 2.20. The molecule has 8 heavy (non-hydrogen) atoms. The molecule has 0 amide bonds. The highest BCUT2D eigenvalue weighted by molar-refractivity contribution is 5.87. The van der Waals surface area contributed by atoms with Crippen LogP contribution in [0.4, 0.5) is 0 Å². The quantitative estimate of drug-likeness (QED) is 0.344. The first kappa shape index (κ1) is 5.56. The van der Waals surface area contributed by atoms with Crippen molar-refractivity contribution in [2.75, 3.05) is 20.1 Å². The molecule has 1 fully saturated rings. The van der Waals surface area contributed by atoms with E-state index in [1.807, 2.05) is 0 Å². The van der Waals surface area contributed by atoms with Crippen LogP contribution in [0.25, 0.3) is 0 Å². The molecule has 1 rings (SSSR count). The molecule has 1 aliphatic rings. The number of hydrogen-bond donors (Lipinski definition) is 1. The summed E-state index contributed by atoms with van der Waals surface area (Å²) < 4.78 is 0. The predicted octanol–water partition coefficient (Wildman–Crippen LogP) is -0.363. The van der Waals surface area contributed by atoms with Crippen LogP contribution in [0.15, 0.2) is 5.10 Å². The molecule has 0 aromatic heterocycles. The average molecular weight is 113 g/mol. The zero-order chi connectivity index (χ0) is 5.98. The summed E-state index contributed by atoms with van der Waals surface area (Å²) in [5, 5.41) is 3.61. The number of rotatable bonds is 0. The Bertz CT molecular complexity index is 108. The second-order valence-electron chi connectivity index (χ2n) is 2.18. The first-order valence-corrected chi connectivity index (χ1v) is 2.77. The van der Waals surface area contributed by atoms with E-state index in [1.165, 1.54) is 0 Å².